The van der Waals surface area contributed by atoms with Gasteiger partial charge in [0.05, 0.1) is 6.16 Å². The van der Waals surface area contributed by atoms with Gasteiger partial charge >= 0.3 is 0 Å². The van der Waals surface area contributed by atoms with Crippen molar-refractivity contribution in [1.82, 2.24) is 5.09 Å². The molecular weight excluding hydrogens is 184 g/mol. The van der Waals surface area contributed by atoms with Crippen LogP contribution in [0.25, 0.3) is 0 Å². The van der Waals surface area contributed by atoms with Gasteiger partial charge in [0, 0.05) is 5.88 Å². The predicted molar refractivity (Wildman–Crippen MR) is 41.7 cm³/mol. The molecule has 0 aliphatic carbocycles. The molecule has 1 atom stereocenters. The zero-order chi connectivity index (χ0) is 6.62. The van der Waals surface area contributed by atoms with Crippen molar-refractivity contribution >= 4 is 31.5 Å². The number of nitrogens with one attached hydrogen (secondary N) is 1. The van der Waals surface area contributed by atoms with Crippen LogP contribution in [0, 0.1) is 0 Å². The van der Waals surface area contributed by atoms with Crippen LogP contribution in [0.2, 0.25) is 0 Å². The Morgan fingerprint density at radius 1 is 1.78 bits per heavy atom. The number of halogens is 2. The lowest BCUT2D eigenvalue weighted by Gasteiger charge is -2.05. The van der Waals surface area contributed by atoms with Gasteiger partial charge in [-0.15, -0.1) is 24.0 Å². The summed E-state index contributed by atoms with van der Waals surface area (Å²) in [6.07, 6.45) is 0.130. The van der Waals surface area contributed by atoms with E-state index in [4.69, 9.17) is 16.5 Å². The largest absolute Gasteiger partial charge is 0.333 e. The number of alkyl halides is 1. The molecule has 0 aliphatic rings. The molecule has 0 bridgehead atoms. The topological polar surface area (TPSA) is 49.3 Å². The minimum Gasteiger partial charge on any atom is -0.333 e. The summed E-state index contributed by atoms with van der Waals surface area (Å²) in [4.78, 5) is 8.68. The van der Waals surface area contributed by atoms with Gasteiger partial charge in [0.2, 0.25) is 0 Å². The molecule has 0 radical (unpaired) electrons. The van der Waals surface area contributed by atoms with Gasteiger partial charge in [-0.05, 0) is 7.05 Å². The molecule has 0 aliphatic heterocycles. The highest BCUT2D eigenvalue weighted by atomic mass is 35.5. The normalized spacial score (nSPS) is 15.9. The molecule has 58 valence electrons. The van der Waals surface area contributed by atoms with Crippen molar-refractivity contribution in [3.8, 4) is 0 Å². The first-order valence-corrected chi connectivity index (χ1v) is 4.57. The van der Waals surface area contributed by atoms with E-state index in [0.29, 0.717) is 0 Å². The van der Waals surface area contributed by atoms with Gasteiger partial charge in [0.1, 0.15) is 0 Å². The van der Waals surface area contributed by atoms with Gasteiger partial charge in [-0.2, -0.15) is 0 Å². The maximum absolute atomic E-state index is 10.5. The first kappa shape index (κ1) is 12.4. The number of rotatable bonds is 3. The van der Waals surface area contributed by atoms with Crippen molar-refractivity contribution in [3.05, 3.63) is 0 Å². The van der Waals surface area contributed by atoms with Crippen LogP contribution in [0.3, 0.4) is 0 Å². The highest BCUT2D eigenvalue weighted by molar-refractivity contribution is 7.55. The fraction of sp³-hybridized carbons (Fsp3) is 1.00. The second-order valence-corrected chi connectivity index (χ2v) is 4.01. The molecule has 0 fully saturated rings. The lowest BCUT2D eigenvalue weighted by atomic mass is 11.0. The Balaban J connectivity index is 0. The second-order valence-electron chi connectivity index (χ2n) is 1.34. The first-order valence-electron chi connectivity index (χ1n) is 2.19. The van der Waals surface area contributed by atoms with Crippen LogP contribution in [0.5, 0.6) is 0 Å². The molecule has 9 heavy (non-hydrogen) atoms. The van der Waals surface area contributed by atoms with Crippen molar-refractivity contribution in [2.45, 2.75) is 0 Å². The summed E-state index contributed by atoms with van der Waals surface area (Å²) in [5.41, 5.74) is 0. The lowest BCUT2D eigenvalue weighted by molar-refractivity contribution is 0.470. The maximum Gasteiger partial charge on any atom is 0.268 e. The van der Waals surface area contributed by atoms with Crippen LogP contribution in [0.4, 0.5) is 0 Å². The van der Waals surface area contributed by atoms with Crippen molar-refractivity contribution in [2.24, 2.45) is 0 Å². The van der Waals surface area contributed by atoms with Crippen LogP contribution < -0.4 is 5.09 Å². The Bertz CT molecular complexity index is 110. The summed E-state index contributed by atoms with van der Waals surface area (Å²) in [5, 5.41) is 2.27. The molecular formula is C3H10Cl2NO2P. The van der Waals surface area contributed by atoms with E-state index in [1.54, 1.807) is 0 Å². The van der Waals surface area contributed by atoms with Crippen molar-refractivity contribution in [3.63, 3.8) is 0 Å². The van der Waals surface area contributed by atoms with E-state index >= 15 is 0 Å². The Labute approximate surface area is 65.7 Å². The highest BCUT2D eigenvalue weighted by Crippen LogP contribution is 2.33. The predicted octanol–water partition coefficient (Wildman–Crippen LogP) is 1.05. The SMILES string of the molecule is CNP(=O)(O)CCCl.Cl. The molecule has 0 rings (SSSR count). The molecule has 3 nitrogen and oxygen atoms in total. The maximum atomic E-state index is 10.5. The van der Waals surface area contributed by atoms with Gasteiger partial charge in [-0.3, -0.25) is 4.57 Å². The van der Waals surface area contributed by atoms with Gasteiger partial charge in [-0.25, -0.2) is 5.09 Å². The quantitative estimate of drug-likeness (QED) is 0.521. The van der Waals surface area contributed by atoms with E-state index in [2.05, 4.69) is 5.09 Å². The summed E-state index contributed by atoms with van der Waals surface area (Å²) < 4.78 is 10.5. The lowest BCUT2D eigenvalue weighted by Crippen LogP contribution is -2.05. The molecule has 1 unspecified atom stereocenters. The third-order valence-electron chi connectivity index (χ3n) is 0.737. The second kappa shape index (κ2) is 5.51. The Morgan fingerprint density at radius 3 is 2.33 bits per heavy atom. The molecule has 0 aromatic rings. The fourth-order valence-corrected chi connectivity index (χ4v) is 1.37. The van der Waals surface area contributed by atoms with Crippen molar-refractivity contribution in [2.75, 3.05) is 19.1 Å². The van der Waals surface area contributed by atoms with E-state index in [1.807, 2.05) is 0 Å². The van der Waals surface area contributed by atoms with Gasteiger partial charge in [0.25, 0.3) is 7.52 Å². The molecule has 0 aromatic heterocycles. The van der Waals surface area contributed by atoms with Gasteiger partial charge in [0.15, 0.2) is 0 Å². The zero-order valence-electron chi connectivity index (χ0n) is 5.00. The van der Waals surface area contributed by atoms with Crippen LogP contribution in [-0.4, -0.2) is 24.0 Å². The minimum absolute atomic E-state index is 0. The molecule has 0 saturated heterocycles. The number of hydrogen-bond acceptors (Lipinski definition) is 1. The Hall–Kier alpha value is 0.730. The smallest absolute Gasteiger partial charge is 0.268 e. The van der Waals surface area contributed by atoms with Crippen molar-refractivity contribution < 1.29 is 9.46 Å². The third kappa shape index (κ3) is 6.62. The summed E-state index contributed by atoms with van der Waals surface area (Å²) in [6.45, 7) is 0. The van der Waals surface area contributed by atoms with E-state index in [-0.39, 0.29) is 24.4 Å². The Kier molecular flexibility index (Phi) is 7.60. The van der Waals surface area contributed by atoms with E-state index in [1.165, 1.54) is 7.05 Å². The number of hydrogen-bond donors (Lipinski definition) is 2. The zero-order valence-corrected chi connectivity index (χ0v) is 7.47. The van der Waals surface area contributed by atoms with Crippen LogP contribution in [-0.2, 0) is 4.57 Å². The molecule has 6 heteroatoms. The van der Waals surface area contributed by atoms with Gasteiger partial charge < -0.3 is 4.89 Å². The van der Waals surface area contributed by atoms with Gasteiger partial charge in [-0.1, -0.05) is 0 Å². The fourth-order valence-electron chi connectivity index (χ4n) is 0.226. The molecule has 0 amide bonds. The van der Waals surface area contributed by atoms with Crippen molar-refractivity contribution in [1.29, 1.82) is 0 Å². The summed E-state index contributed by atoms with van der Waals surface area (Å²) in [6, 6.07) is 0. The summed E-state index contributed by atoms with van der Waals surface area (Å²) >= 11 is 5.19. The summed E-state index contributed by atoms with van der Waals surface area (Å²) in [5.74, 6) is 0.217. The monoisotopic (exact) mass is 193 g/mol. The van der Waals surface area contributed by atoms with E-state index in [0.717, 1.165) is 0 Å². The molecule has 0 saturated carbocycles. The minimum atomic E-state index is -3.06. The highest BCUT2D eigenvalue weighted by Gasteiger charge is 2.11. The molecule has 0 aromatic carbocycles. The Morgan fingerprint density at radius 2 is 2.22 bits per heavy atom. The molecule has 2 N–H and O–H groups in total. The average Bonchev–Trinajstić information content (AvgIpc) is 1.67. The third-order valence-corrected chi connectivity index (χ3v) is 2.72. The summed E-state index contributed by atoms with van der Waals surface area (Å²) in [7, 11) is -1.62. The van der Waals surface area contributed by atoms with Crippen LogP contribution in [0.15, 0.2) is 0 Å². The van der Waals surface area contributed by atoms with E-state index in [9.17, 15) is 4.57 Å². The molecule has 0 heterocycles. The molecule has 0 spiro atoms. The van der Waals surface area contributed by atoms with E-state index < -0.39 is 7.52 Å². The average molecular weight is 194 g/mol. The standard InChI is InChI=1S/C3H9ClNO2P.ClH/c1-5-8(6,7)3-2-4;/h2-3H2,1H3,(H2,5,6,7);1H. The van der Waals surface area contributed by atoms with Crippen LogP contribution >= 0.6 is 31.5 Å². The first-order chi connectivity index (χ1) is 3.62. The van der Waals surface area contributed by atoms with Crippen LogP contribution in [0.1, 0.15) is 0 Å².